The van der Waals surface area contributed by atoms with Gasteiger partial charge in [-0.25, -0.2) is 4.39 Å². The van der Waals surface area contributed by atoms with E-state index >= 15 is 0 Å². The third-order valence-electron chi connectivity index (χ3n) is 2.45. The summed E-state index contributed by atoms with van der Waals surface area (Å²) in [4.78, 5) is 11.5. The van der Waals surface area contributed by atoms with E-state index in [0.29, 0.717) is 6.42 Å². The highest BCUT2D eigenvalue weighted by Crippen LogP contribution is 2.34. The Morgan fingerprint density at radius 1 is 1.62 bits per heavy atom. The lowest BCUT2D eigenvalue weighted by molar-refractivity contribution is -0.137. The number of halogens is 1. The Bertz CT molecular complexity index is 411. The Morgan fingerprint density at radius 3 is 3.19 bits per heavy atom. The van der Waals surface area contributed by atoms with Gasteiger partial charge in [-0.05, 0) is 24.6 Å². The van der Waals surface area contributed by atoms with Gasteiger partial charge in [0.2, 0.25) is 0 Å². The molecule has 86 valence electrons. The van der Waals surface area contributed by atoms with E-state index < -0.39 is 5.97 Å². The molecule has 1 aromatic rings. The summed E-state index contributed by atoms with van der Waals surface area (Å²) in [6, 6.07) is 4.74. The largest absolute Gasteiger partial charge is 0.481 e. The van der Waals surface area contributed by atoms with Gasteiger partial charge in [0.15, 0.2) is 0 Å². The molecule has 0 saturated heterocycles. The van der Waals surface area contributed by atoms with Gasteiger partial charge in [0.1, 0.15) is 5.82 Å². The number of nitrogens with one attached hydrogen (secondary N) is 1. The summed E-state index contributed by atoms with van der Waals surface area (Å²) in [5.74, 6) is -0.242. The van der Waals surface area contributed by atoms with Crippen LogP contribution in [0, 0.1) is 5.82 Å². The molecule has 1 aliphatic heterocycles. The van der Waals surface area contributed by atoms with Crippen LogP contribution in [0.15, 0.2) is 23.1 Å². The van der Waals surface area contributed by atoms with Gasteiger partial charge in [-0.15, -0.1) is 11.8 Å². The fraction of sp³-hybridized carbons (Fsp3) is 0.364. The number of carboxylic acid groups (broad SMARTS) is 1. The fourth-order valence-corrected chi connectivity index (χ4v) is 2.71. The van der Waals surface area contributed by atoms with Crippen molar-refractivity contribution in [3.63, 3.8) is 0 Å². The van der Waals surface area contributed by atoms with Crippen LogP contribution in [0.4, 0.5) is 10.1 Å². The molecule has 0 spiro atoms. The summed E-state index contributed by atoms with van der Waals surface area (Å²) in [5, 5.41) is 11.8. The van der Waals surface area contributed by atoms with Crippen molar-refractivity contribution >= 4 is 23.4 Å². The molecule has 2 rings (SSSR count). The lowest BCUT2D eigenvalue weighted by Gasteiger charge is -2.26. The van der Waals surface area contributed by atoms with E-state index in [1.165, 1.54) is 12.1 Å². The zero-order chi connectivity index (χ0) is 11.5. The minimum atomic E-state index is -0.795. The summed E-state index contributed by atoms with van der Waals surface area (Å²) >= 11 is 1.64. The summed E-state index contributed by atoms with van der Waals surface area (Å²) in [6.07, 6.45) is 0.709. The normalized spacial score (nSPS) is 18.7. The van der Waals surface area contributed by atoms with E-state index in [2.05, 4.69) is 5.32 Å². The van der Waals surface area contributed by atoms with Crippen LogP contribution in [0.2, 0.25) is 0 Å². The van der Waals surface area contributed by atoms with Gasteiger partial charge in [-0.3, -0.25) is 4.79 Å². The van der Waals surface area contributed by atoms with Crippen LogP contribution in [0.3, 0.4) is 0 Å². The summed E-state index contributed by atoms with van der Waals surface area (Å²) < 4.78 is 13.0. The van der Waals surface area contributed by atoms with Gasteiger partial charge < -0.3 is 10.4 Å². The summed E-state index contributed by atoms with van der Waals surface area (Å²) in [5.41, 5.74) is 0.770. The SMILES string of the molecule is O=C(O)CCC1CSc2ccc(F)cc2N1. The molecule has 0 fully saturated rings. The first-order chi connectivity index (χ1) is 7.65. The van der Waals surface area contributed by atoms with Crippen molar-refractivity contribution in [3.05, 3.63) is 24.0 Å². The monoisotopic (exact) mass is 241 g/mol. The summed E-state index contributed by atoms with van der Waals surface area (Å²) in [6.45, 7) is 0. The molecular formula is C11H12FNO2S. The zero-order valence-corrected chi connectivity index (χ0v) is 9.39. The molecule has 0 radical (unpaired) electrons. The number of carboxylic acids is 1. The number of thioether (sulfide) groups is 1. The number of aliphatic carboxylic acids is 1. The molecule has 1 atom stereocenters. The van der Waals surface area contributed by atoms with Crippen LogP contribution in [0.5, 0.6) is 0 Å². The lowest BCUT2D eigenvalue weighted by atomic mass is 10.1. The molecule has 0 bridgehead atoms. The number of fused-ring (bicyclic) bond motifs is 1. The molecule has 1 aromatic carbocycles. The van der Waals surface area contributed by atoms with Gasteiger partial charge in [-0.2, -0.15) is 0 Å². The van der Waals surface area contributed by atoms with Crippen LogP contribution in [0.25, 0.3) is 0 Å². The number of carbonyl (C=O) groups is 1. The van der Waals surface area contributed by atoms with Crippen molar-refractivity contribution in [1.82, 2.24) is 0 Å². The van der Waals surface area contributed by atoms with Crippen molar-refractivity contribution in [2.24, 2.45) is 0 Å². The Balaban J connectivity index is 2.02. The van der Waals surface area contributed by atoms with Crippen LogP contribution in [-0.4, -0.2) is 22.9 Å². The van der Waals surface area contributed by atoms with Crippen molar-refractivity contribution in [2.45, 2.75) is 23.8 Å². The topological polar surface area (TPSA) is 49.3 Å². The lowest BCUT2D eigenvalue weighted by Crippen LogP contribution is -2.26. The average molecular weight is 241 g/mol. The quantitative estimate of drug-likeness (QED) is 0.854. The first-order valence-corrected chi connectivity index (χ1v) is 6.04. The molecule has 1 unspecified atom stereocenters. The van der Waals surface area contributed by atoms with E-state index in [-0.39, 0.29) is 18.3 Å². The van der Waals surface area contributed by atoms with E-state index in [1.807, 2.05) is 0 Å². The van der Waals surface area contributed by atoms with Crippen molar-refractivity contribution in [2.75, 3.05) is 11.1 Å². The molecule has 5 heteroatoms. The van der Waals surface area contributed by atoms with Crippen molar-refractivity contribution < 1.29 is 14.3 Å². The third kappa shape index (κ3) is 2.66. The minimum absolute atomic E-state index is 0.107. The van der Waals surface area contributed by atoms with Crippen LogP contribution in [-0.2, 0) is 4.79 Å². The third-order valence-corrected chi connectivity index (χ3v) is 3.68. The second kappa shape index (κ2) is 4.74. The molecule has 0 saturated carbocycles. The van der Waals surface area contributed by atoms with E-state index in [0.717, 1.165) is 16.3 Å². The number of hydrogen-bond donors (Lipinski definition) is 2. The van der Waals surface area contributed by atoms with Crippen LogP contribution < -0.4 is 5.32 Å². The van der Waals surface area contributed by atoms with Crippen LogP contribution in [0.1, 0.15) is 12.8 Å². The molecule has 1 heterocycles. The number of hydrogen-bond acceptors (Lipinski definition) is 3. The standard InChI is InChI=1S/C11H12FNO2S/c12-7-1-3-10-9(5-7)13-8(6-16-10)2-4-11(14)15/h1,3,5,8,13H,2,4,6H2,(H,14,15). The molecule has 0 amide bonds. The van der Waals surface area contributed by atoms with Gasteiger partial charge in [-0.1, -0.05) is 0 Å². The molecule has 1 aliphatic rings. The Labute approximate surface area is 97.0 Å². The highest BCUT2D eigenvalue weighted by molar-refractivity contribution is 7.99. The van der Waals surface area contributed by atoms with Crippen LogP contribution >= 0.6 is 11.8 Å². The maximum absolute atomic E-state index is 13.0. The maximum Gasteiger partial charge on any atom is 0.303 e. The fourth-order valence-electron chi connectivity index (χ4n) is 1.65. The van der Waals surface area contributed by atoms with Crippen molar-refractivity contribution in [3.8, 4) is 0 Å². The van der Waals surface area contributed by atoms with Gasteiger partial charge >= 0.3 is 5.97 Å². The number of rotatable bonds is 3. The molecule has 3 nitrogen and oxygen atoms in total. The molecule has 2 N–H and O–H groups in total. The second-order valence-electron chi connectivity index (χ2n) is 3.73. The van der Waals surface area contributed by atoms with Gasteiger partial charge in [0, 0.05) is 23.1 Å². The second-order valence-corrected chi connectivity index (χ2v) is 4.79. The zero-order valence-electron chi connectivity index (χ0n) is 8.57. The highest BCUT2D eigenvalue weighted by atomic mass is 32.2. The molecule has 16 heavy (non-hydrogen) atoms. The van der Waals surface area contributed by atoms with E-state index in [1.54, 1.807) is 17.8 Å². The van der Waals surface area contributed by atoms with Gasteiger partial charge in [0.25, 0.3) is 0 Å². The molecule has 0 aliphatic carbocycles. The average Bonchev–Trinajstić information content (AvgIpc) is 2.25. The molecule has 0 aromatic heterocycles. The highest BCUT2D eigenvalue weighted by Gasteiger charge is 2.19. The predicted octanol–water partition coefficient (Wildman–Crippen LogP) is 2.58. The first-order valence-electron chi connectivity index (χ1n) is 5.06. The van der Waals surface area contributed by atoms with Crippen molar-refractivity contribution in [1.29, 1.82) is 0 Å². The van der Waals surface area contributed by atoms with E-state index in [4.69, 9.17) is 5.11 Å². The smallest absolute Gasteiger partial charge is 0.303 e. The predicted molar refractivity (Wildman–Crippen MR) is 61.4 cm³/mol. The van der Waals surface area contributed by atoms with E-state index in [9.17, 15) is 9.18 Å². The van der Waals surface area contributed by atoms with Gasteiger partial charge in [0.05, 0.1) is 5.69 Å². The Kier molecular flexibility index (Phi) is 3.33. The Hall–Kier alpha value is -1.23. The summed E-state index contributed by atoms with van der Waals surface area (Å²) in [7, 11) is 0. The number of anilines is 1. The number of benzene rings is 1. The Morgan fingerprint density at radius 2 is 2.44 bits per heavy atom. The maximum atomic E-state index is 13.0. The first kappa shape index (κ1) is 11.3. The molecular weight excluding hydrogens is 229 g/mol. The minimum Gasteiger partial charge on any atom is -0.481 e.